The fraction of sp³-hybridized carbons (Fsp3) is 0.200. The molecule has 0 spiro atoms. The molecule has 0 saturated carbocycles. The van der Waals surface area contributed by atoms with E-state index in [1.165, 1.54) is 0 Å². The Kier molecular flexibility index (Phi) is 3.97. The van der Waals surface area contributed by atoms with Gasteiger partial charge in [-0.05, 0) is 57.5 Å². The molecule has 0 fully saturated rings. The second kappa shape index (κ2) is 5.96. The minimum absolute atomic E-state index is 0.135. The first-order valence-corrected chi connectivity index (χ1v) is 7.71. The normalized spacial score (nSPS) is 12.7. The van der Waals surface area contributed by atoms with Crippen molar-refractivity contribution in [1.82, 2.24) is 0 Å². The number of carbonyl (C=O) groups is 2. The molecule has 0 unspecified atom stereocenters. The van der Waals surface area contributed by atoms with Crippen LogP contribution in [-0.2, 0) is 0 Å². The van der Waals surface area contributed by atoms with E-state index in [4.69, 9.17) is 9.47 Å². The number of benzene rings is 2. The van der Waals surface area contributed by atoms with E-state index in [9.17, 15) is 9.59 Å². The largest absolute Gasteiger partial charge is 0.452 e. The van der Waals surface area contributed by atoms with Crippen molar-refractivity contribution in [2.75, 3.05) is 0 Å². The molecule has 0 bridgehead atoms. The van der Waals surface area contributed by atoms with Gasteiger partial charge in [0, 0.05) is 5.56 Å². The maximum absolute atomic E-state index is 12.3. The standard InChI is InChI=1S/C20H18O4/c1-11(2)18-17(21)15-9-10-16(13(4)19(15)24-18)23-20(22)14-7-5-12(3)6-8-14/h5-10H,1-4H3. The van der Waals surface area contributed by atoms with Gasteiger partial charge in [0.2, 0.25) is 5.78 Å². The summed E-state index contributed by atoms with van der Waals surface area (Å²) in [4.78, 5) is 24.6. The Labute approximate surface area is 140 Å². The summed E-state index contributed by atoms with van der Waals surface area (Å²) in [5, 5.41) is 0. The lowest BCUT2D eigenvalue weighted by Gasteiger charge is -2.10. The third-order valence-electron chi connectivity index (χ3n) is 3.96. The third-order valence-corrected chi connectivity index (χ3v) is 3.96. The monoisotopic (exact) mass is 322 g/mol. The topological polar surface area (TPSA) is 52.6 Å². The first kappa shape index (κ1) is 16.0. The summed E-state index contributed by atoms with van der Waals surface area (Å²) >= 11 is 0. The molecule has 0 N–H and O–H groups in total. The molecule has 24 heavy (non-hydrogen) atoms. The number of aryl methyl sites for hydroxylation is 1. The molecular formula is C20H18O4. The van der Waals surface area contributed by atoms with Gasteiger partial charge in [-0.15, -0.1) is 0 Å². The first-order valence-electron chi connectivity index (χ1n) is 7.71. The van der Waals surface area contributed by atoms with E-state index >= 15 is 0 Å². The number of hydrogen-bond acceptors (Lipinski definition) is 4. The van der Waals surface area contributed by atoms with Gasteiger partial charge in [0.25, 0.3) is 0 Å². The second-order valence-electron chi connectivity index (χ2n) is 6.08. The van der Waals surface area contributed by atoms with Crippen LogP contribution >= 0.6 is 0 Å². The lowest BCUT2D eigenvalue weighted by atomic mass is 10.1. The quantitative estimate of drug-likeness (QED) is 0.467. The van der Waals surface area contributed by atoms with E-state index < -0.39 is 5.97 Å². The zero-order valence-corrected chi connectivity index (χ0v) is 14.1. The minimum atomic E-state index is -0.440. The summed E-state index contributed by atoms with van der Waals surface area (Å²) in [5.41, 5.74) is 3.49. The Morgan fingerprint density at radius 3 is 2.29 bits per heavy atom. The Morgan fingerprint density at radius 1 is 1.00 bits per heavy atom. The van der Waals surface area contributed by atoms with Gasteiger partial charge >= 0.3 is 5.97 Å². The van der Waals surface area contributed by atoms with Crippen LogP contribution in [0.3, 0.4) is 0 Å². The van der Waals surface area contributed by atoms with Crippen LogP contribution in [0.5, 0.6) is 11.5 Å². The molecule has 0 radical (unpaired) electrons. The lowest BCUT2D eigenvalue weighted by Crippen LogP contribution is -2.09. The van der Waals surface area contributed by atoms with Crippen LogP contribution < -0.4 is 9.47 Å². The van der Waals surface area contributed by atoms with Crippen molar-refractivity contribution in [3.8, 4) is 11.5 Å². The molecule has 0 atom stereocenters. The second-order valence-corrected chi connectivity index (χ2v) is 6.08. The third kappa shape index (κ3) is 2.71. The van der Waals surface area contributed by atoms with Gasteiger partial charge in [-0.1, -0.05) is 17.7 Å². The Balaban J connectivity index is 1.91. The molecule has 4 heteroatoms. The van der Waals surface area contributed by atoms with E-state index in [0.717, 1.165) is 11.1 Å². The molecule has 0 aromatic heterocycles. The number of Topliss-reactive ketones (excluding diaryl/α,β-unsaturated/α-hetero) is 1. The highest BCUT2D eigenvalue weighted by molar-refractivity contribution is 6.13. The van der Waals surface area contributed by atoms with Crippen LogP contribution in [0, 0.1) is 13.8 Å². The van der Waals surface area contributed by atoms with Crippen LogP contribution in [0.15, 0.2) is 47.7 Å². The van der Waals surface area contributed by atoms with E-state index in [0.29, 0.717) is 33.9 Å². The molecule has 2 aromatic rings. The molecular weight excluding hydrogens is 304 g/mol. The van der Waals surface area contributed by atoms with Gasteiger partial charge in [-0.25, -0.2) is 4.79 Å². The van der Waals surface area contributed by atoms with Crippen LogP contribution in [-0.4, -0.2) is 11.8 Å². The van der Waals surface area contributed by atoms with Gasteiger partial charge < -0.3 is 9.47 Å². The number of allylic oxidation sites excluding steroid dienone is 2. The summed E-state index contributed by atoms with van der Waals surface area (Å²) < 4.78 is 11.2. The van der Waals surface area contributed by atoms with Crippen molar-refractivity contribution in [1.29, 1.82) is 0 Å². The summed E-state index contributed by atoms with van der Waals surface area (Å²) in [7, 11) is 0. The molecule has 0 aliphatic carbocycles. The zero-order valence-electron chi connectivity index (χ0n) is 14.1. The number of hydrogen-bond donors (Lipinski definition) is 0. The molecule has 0 amide bonds. The van der Waals surface area contributed by atoms with Gasteiger partial charge in [-0.3, -0.25) is 4.79 Å². The minimum Gasteiger partial charge on any atom is -0.452 e. The average molecular weight is 322 g/mol. The molecule has 0 saturated heterocycles. The number of ketones is 1. The highest BCUT2D eigenvalue weighted by atomic mass is 16.5. The van der Waals surface area contributed by atoms with Crippen molar-refractivity contribution < 1.29 is 19.1 Å². The van der Waals surface area contributed by atoms with Crippen molar-refractivity contribution >= 4 is 11.8 Å². The number of fused-ring (bicyclic) bond motifs is 1. The Morgan fingerprint density at radius 2 is 1.67 bits per heavy atom. The maximum Gasteiger partial charge on any atom is 0.343 e. The van der Waals surface area contributed by atoms with Gasteiger partial charge in [0.15, 0.2) is 5.76 Å². The smallest absolute Gasteiger partial charge is 0.343 e. The fourth-order valence-electron chi connectivity index (χ4n) is 2.54. The van der Waals surface area contributed by atoms with Crippen molar-refractivity contribution in [3.63, 3.8) is 0 Å². The van der Waals surface area contributed by atoms with Gasteiger partial charge in [0.05, 0.1) is 11.1 Å². The predicted octanol–water partition coefficient (Wildman–Crippen LogP) is 4.39. The van der Waals surface area contributed by atoms with E-state index in [1.54, 1.807) is 31.2 Å². The van der Waals surface area contributed by atoms with Crippen LogP contribution in [0.4, 0.5) is 0 Å². The van der Waals surface area contributed by atoms with E-state index in [2.05, 4.69) is 0 Å². The van der Waals surface area contributed by atoms with E-state index in [1.807, 2.05) is 32.9 Å². The fourth-order valence-corrected chi connectivity index (χ4v) is 2.54. The summed E-state index contributed by atoms with van der Waals surface area (Å²) in [6.07, 6.45) is 0. The number of rotatable bonds is 2. The van der Waals surface area contributed by atoms with Gasteiger partial charge in [-0.2, -0.15) is 0 Å². The molecule has 1 aliphatic rings. The number of carbonyl (C=O) groups excluding carboxylic acids is 2. The molecule has 1 heterocycles. The SMILES string of the molecule is CC(C)=C1Oc2c(ccc(OC(=O)c3ccc(C)cc3)c2C)C1=O. The molecule has 4 nitrogen and oxygen atoms in total. The predicted molar refractivity (Wildman–Crippen MR) is 90.6 cm³/mol. The molecule has 122 valence electrons. The van der Waals surface area contributed by atoms with Crippen molar-refractivity contribution in [3.05, 3.63) is 70.0 Å². The average Bonchev–Trinajstić information content (AvgIpc) is 2.89. The number of esters is 1. The lowest BCUT2D eigenvalue weighted by molar-refractivity contribution is 0.0733. The summed E-state index contributed by atoms with van der Waals surface area (Å²) in [6.45, 7) is 7.38. The highest BCUT2D eigenvalue weighted by Gasteiger charge is 2.31. The van der Waals surface area contributed by atoms with E-state index in [-0.39, 0.29) is 5.78 Å². The van der Waals surface area contributed by atoms with Crippen molar-refractivity contribution in [2.45, 2.75) is 27.7 Å². The Bertz CT molecular complexity index is 869. The van der Waals surface area contributed by atoms with Crippen LogP contribution in [0.25, 0.3) is 0 Å². The summed E-state index contributed by atoms with van der Waals surface area (Å²) in [6, 6.07) is 10.4. The maximum atomic E-state index is 12.3. The Hall–Kier alpha value is -2.88. The molecule has 3 rings (SSSR count). The van der Waals surface area contributed by atoms with Crippen LogP contribution in [0.2, 0.25) is 0 Å². The molecule has 2 aromatic carbocycles. The van der Waals surface area contributed by atoms with Gasteiger partial charge in [0.1, 0.15) is 11.5 Å². The number of ether oxygens (including phenoxy) is 2. The van der Waals surface area contributed by atoms with Crippen molar-refractivity contribution in [2.24, 2.45) is 0 Å². The highest BCUT2D eigenvalue weighted by Crippen LogP contribution is 2.39. The van der Waals surface area contributed by atoms with Crippen LogP contribution in [0.1, 0.15) is 45.7 Å². The first-order chi connectivity index (χ1) is 11.4. The zero-order chi connectivity index (χ0) is 17.4. The molecule has 1 aliphatic heterocycles. The summed E-state index contributed by atoms with van der Waals surface area (Å²) in [5.74, 6) is 0.622.